The van der Waals surface area contributed by atoms with Crippen molar-refractivity contribution in [3.8, 4) is 0 Å². The first-order chi connectivity index (χ1) is 7.31. The van der Waals surface area contributed by atoms with Crippen LogP contribution in [0.5, 0.6) is 0 Å². The lowest BCUT2D eigenvalue weighted by Crippen LogP contribution is -2.16. The van der Waals surface area contributed by atoms with Crippen molar-refractivity contribution in [2.45, 2.75) is 32.1 Å². The number of aryl methyl sites for hydroxylation is 1. The second-order valence-corrected chi connectivity index (χ2v) is 4.00. The van der Waals surface area contributed by atoms with Crippen molar-refractivity contribution < 1.29 is 9.15 Å². The smallest absolute Gasteiger partial charge is 0.195 e. The van der Waals surface area contributed by atoms with Gasteiger partial charge in [-0.2, -0.15) is 0 Å². The van der Waals surface area contributed by atoms with Crippen LogP contribution in [0.4, 0.5) is 0 Å². The fraction of sp³-hybridized carbons (Fsp3) is 0.727. The van der Waals surface area contributed by atoms with E-state index in [1.165, 1.54) is 0 Å². The largest absolute Gasteiger partial charge is 0.446 e. The van der Waals surface area contributed by atoms with Crippen LogP contribution in [0.25, 0.3) is 0 Å². The molecule has 2 N–H and O–H groups in total. The van der Waals surface area contributed by atoms with Crippen LogP contribution in [0.2, 0.25) is 0 Å². The monoisotopic (exact) mass is 210 g/mol. The molecule has 2 heterocycles. The molecule has 1 aliphatic rings. The quantitative estimate of drug-likeness (QED) is 0.818. The van der Waals surface area contributed by atoms with Gasteiger partial charge in [-0.25, -0.2) is 4.98 Å². The van der Waals surface area contributed by atoms with Crippen LogP contribution in [-0.4, -0.2) is 24.7 Å². The molecule has 1 fully saturated rings. The molecule has 4 heteroatoms. The number of nitrogens with zero attached hydrogens (tertiary/aromatic N) is 1. The molecular weight excluding hydrogens is 192 g/mol. The van der Waals surface area contributed by atoms with E-state index in [0.717, 1.165) is 43.4 Å². The van der Waals surface area contributed by atoms with Crippen LogP contribution in [-0.2, 0) is 11.2 Å². The van der Waals surface area contributed by atoms with E-state index in [0.29, 0.717) is 18.9 Å². The molecule has 84 valence electrons. The summed E-state index contributed by atoms with van der Waals surface area (Å²) in [6, 6.07) is 0. The molecule has 1 unspecified atom stereocenters. The van der Waals surface area contributed by atoms with Crippen molar-refractivity contribution in [1.82, 2.24) is 4.98 Å². The number of rotatable bonds is 3. The highest BCUT2D eigenvalue weighted by molar-refractivity contribution is 5.14. The summed E-state index contributed by atoms with van der Waals surface area (Å²) in [5.41, 5.74) is 6.54. The van der Waals surface area contributed by atoms with Crippen LogP contribution >= 0.6 is 0 Å². The Labute approximate surface area is 89.8 Å². The van der Waals surface area contributed by atoms with Gasteiger partial charge in [0.2, 0.25) is 0 Å². The van der Waals surface area contributed by atoms with E-state index in [2.05, 4.69) is 4.98 Å². The number of hydrogen-bond donors (Lipinski definition) is 1. The summed E-state index contributed by atoms with van der Waals surface area (Å²) in [5, 5.41) is 0. The van der Waals surface area contributed by atoms with Crippen molar-refractivity contribution in [3.05, 3.63) is 17.3 Å². The highest BCUT2D eigenvalue weighted by Crippen LogP contribution is 2.27. The van der Waals surface area contributed by atoms with Gasteiger partial charge in [0, 0.05) is 25.5 Å². The first-order valence-corrected chi connectivity index (χ1v) is 5.55. The zero-order valence-corrected chi connectivity index (χ0v) is 9.16. The number of nitrogens with two attached hydrogens (primary N) is 1. The Morgan fingerprint density at radius 2 is 2.40 bits per heavy atom. The molecule has 0 saturated carbocycles. The Morgan fingerprint density at radius 3 is 3.07 bits per heavy atom. The van der Waals surface area contributed by atoms with E-state index in [4.69, 9.17) is 14.9 Å². The third kappa shape index (κ3) is 2.38. The first-order valence-electron chi connectivity index (χ1n) is 5.55. The Bertz CT molecular complexity index is 316. The summed E-state index contributed by atoms with van der Waals surface area (Å²) >= 11 is 0. The molecular formula is C11H18N2O2. The summed E-state index contributed by atoms with van der Waals surface area (Å²) in [4.78, 5) is 4.50. The van der Waals surface area contributed by atoms with Crippen LogP contribution in [0.15, 0.2) is 4.42 Å². The highest BCUT2D eigenvalue weighted by atomic mass is 16.5. The van der Waals surface area contributed by atoms with Gasteiger partial charge < -0.3 is 14.9 Å². The van der Waals surface area contributed by atoms with Gasteiger partial charge in [-0.15, -0.1) is 0 Å². The molecule has 0 spiro atoms. The maximum Gasteiger partial charge on any atom is 0.195 e. The van der Waals surface area contributed by atoms with Crippen LogP contribution in [0, 0.1) is 6.92 Å². The van der Waals surface area contributed by atoms with Gasteiger partial charge in [-0.1, -0.05) is 0 Å². The molecule has 0 amide bonds. The summed E-state index contributed by atoms with van der Waals surface area (Å²) in [7, 11) is 0. The third-order valence-electron chi connectivity index (χ3n) is 2.78. The van der Waals surface area contributed by atoms with Crippen molar-refractivity contribution >= 4 is 0 Å². The number of oxazole rings is 1. The van der Waals surface area contributed by atoms with Gasteiger partial charge in [0.25, 0.3) is 0 Å². The van der Waals surface area contributed by atoms with E-state index in [-0.39, 0.29) is 0 Å². The minimum atomic E-state index is 0.411. The van der Waals surface area contributed by atoms with E-state index in [1.54, 1.807) is 0 Å². The third-order valence-corrected chi connectivity index (χ3v) is 2.78. The first kappa shape index (κ1) is 10.6. The van der Waals surface area contributed by atoms with Gasteiger partial charge in [0.05, 0.1) is 12.3 Å². The molecule has 0 aromatic carbocycles. The lowest BCUT2D eigenvalue weighted by Gasteiger charge is -2.20. The lowest BCUT2D eigenvalue weighted by atomic mass is 9.98. The Balaban J connectivity index is 2.11. The van der Waals surface area contributed by atoms with E-state index < -0.39 is 0 Å². The van der Waals surface area contributed by atoms with Crippen LogP contribution < -0.4 is 5.73 Å². The molecule has 2 rings (SSSR count). The second-order valence-electron chi connectivity index (χ2n) is 4.00. The molecule has 1 atom stereocenters. The summed E-state index contributed by atoms with van der Waals surface area (Å²) < 4.78 is 11.0. The van der Waals surface area contributed by atoms with Gasteiger partial charge in [-0.3, -0.25) is 0 Å². The predicted octanol–water partition coefficient (Wildman–Crippen LogP) is 1.38. The normalized spacial score (nSPS) is 21.9. The topological polar surface area (TPSA) is 61.3 Å². The highest BCUT2D eigenvalue weighted by Gasteiger charge is 2.22. The Morgan fingerprint density at radius 1 is 1.53 bits per heavy atom. The van der Waals surface area contributed by atoms with Gasteiger partial charge in [0.1, 0.15) is 5.76 Å². The minimum Gasteiger partial charge on any atom is -0.446 e. The van der Waals surface area contributed by atoms with Gasteiger partial charge in [-0.05, 0) is 19.8 Å². The number of aromatic nitrogens is 1. The van der Waals surface area contributed by atoms with Crippen molar-refractivity contribution in [3.63, 3.8) is 0 Å². The van der Waals surface area contributed by atoms with Crippen LogP contribution in [0.3, 0.4) is 0 Å². The molecule has 1 aliphatic heterocycles. The van der Waals surface area contributed by atoms with E-state index in [9.17, 15) is 0 Å². The summed E-state index contributed by atoms with van der Waals surface area (Å²) in [6.45, 7) is 4.20. The zero-order valence-electron chi connectivity index (χ0n) is 9.16. The molecule has 4 nitrogen and oxygen atoms in total. The lowest BCUT2D eigenvalue weighted by molar-refractivity contribution is 0.0790. The number of ether oxygens (including phenoxy) is 1. The van der Waals surface area contributed by atoms with E-state index in [1.807, 2.05) is 6.92 Å². The molecule has 1 aromatic heterocycles. The summed E-state index contributed by atoms with van der Waals surface area (Å²) in [6.07, 6.45) is 2.98. The Hall–Kier alpha value is -0.870. The molecule has 0 bridgehead atoms. The average molecular weight is 210 g/mol. The zero-order chi connectivity index (χ0) is 10.7. The fourth-order valence-electron chi connectivity index (χ4n) is 2.03. The molecule has 1 aromatic rings. The molecule has 1 saturated heterocycles. The molecule has 0 radical (unpaired) electrons. The second kappa shape index (κ2) is 4.77. The van der Waals surface area contributed by atoms with Gasteiger partial charge >= 0.3 is 0 Å². The van der Waals surface area contributed by atoms with Crippen molar-refractivity contribution in [1.29, 1.82) is 0 Å². The standard InChI is InChI=1S/C11H18N2O2/c1-8-11(9-3-2-6-14-7-9)13-10(15-8)4-5-12/h9H,2-7,12H2,1H3. The van der Waals surface area contributed by atoms with Gasteiger partial charge in [0.15, 0.2) is 5.89 Å². The summed E-state index contributed by atoms with van der Waals surface area (Å²) in [5.74, 6) is 2.10. The minimum absolute atomic E-state index is 0.411. The maximum atomic E-state index is 5.56. The number of hydrogen-bond acceptors (Lipinski definition) is 4. The van der Waals surface area contributed by atoms with Crippen molar-refractivity contribution in [2.75, 3.05) is 19.8 Å². The molecule has 0 aliphatic carbocycles. The Kier molecular flexibility index (Phi) is 3.38. The van der Waals surface area contributed by atoms with Crippen molar-refractivity contribution in [2.24, 2.45) is 5.73 Å². The van der Waals surface area contributed by atoms with E-state index >= 15 is 0 Å². The van der Waals surface area contributed by atoms with Crippen LogP contribution in [0.1, 0.15) is 36.1 Å². The predicted molar refractivity (Wildman–Crippen MR) is 56.8 cm³/mol. The maximum absolute atomic E-state index is 5.56. The molecule has 15 heavy (non-hydrogen) atoms. The average Bonchev–Trinajstić information content (AvgIpc) is 2.61. The fourth-order valence-corrected chi connectivity index (χ4v) is 2.03. The SMILES string of the molecule is Cc1oc(CCN)nc1C1CCCOC1.